The molecule has 0 unspecified atom stereocenters. The number of hydrogen-bond acceptors (Lipinski definition) is 4. The van der Waals surface area contributed by atoms with Crippen molar-refractivity contribution in [1.82, 2.24) is 10.3 Å². The molecule has 0 aliphatic rings. The molecule has 5 nitrogen and oxygen atoms in total. The summed E-state index contributed by atoms with van der Waals surface area (Å²) in [5, 5.41) is 12.2. The maximum Gasteiger partial charge on any atom is 0.326 e. The number of carbonyl (C=O) groups excluding carboxylic acids is 1. The number of pyridine rings is 1. The van der Waals surface area contributed by atoms with Gasteiger partial charge in [0.1, 0.15) is 6.04 Å². The van der Waals surface area contributed by atoms with Crippen LogP contribution >= 0.6 is 11.8 Å². The number of hydrogen-bond donors (Lipinski definition) is 2. The molecule has 0 fully saturated rings. The van der Waals surface area contributed by atoms with Gasteiger partial charge in [0, 0.05) is 47.5 Å². The zero-order chi connectivity index (χ0) is 22.9. The van der Waals surface area contributed by atoms with E-state index in [9.17, 15) is 14.7 Å². The van der Waals surface area contributed by atoms with Crippen LogP contribution in [-0.4, -0.2) is 69.6 Å². The molecule has 2 aromatic carbocycles. The molecule has 0 aliphatic heterocycles. The van der Waals surface area contributed by atoms with Gasteiger partial charge in [-0.3, -0.25) is 9.78 Å². The first kappa shape index (κ1) is 26.9. The normalized spacial score (nSPS) is 11.6. The topological polar surface area (TPSA) is 79.3 Å². The molecule has 0 saturated heterocycles. The third-order valence-corrected chi connectivity index (χ3v) is 5.73. The summed E-state index contributed by atoms with van der Waals surface area (Å²) in [6, 6.07) is 16.3. The van der Waals surface area contributed by atoms with E-state index in [4.69, 9.17) is 0 Å². The number of carboxylic acid groups (broad SMARTS) is 1. The molecule has 0 spiro atoms. The van der Waals surface area contributed by atoms with Crippen LogP contribution in [0.1, 0.15) is 33.5 Å². The summed E-state index contributed by atoms with van der Waals surface area (Å²) in [7, 11) is 0. The third-order valence-electron chi connectivity index (χ3n) is 5.09. The second-order valence-electron chi connectivity index (χ2n) is 7.39. The number of nitrogens with zero attached hydrogens (tertiary/aromatic N) is 1. The zero-order valence-corrected chi connectivity index (χ0v) is 21.9. The minimum atomic E-state index is -1.03. The van der Waals surface area contributed by atoms with Gasteiger partial charge in [0.15, 0.2) is 0 Å². The second-order valence-corrected chi connectivity index (χ2v) is 8.37. The summed E-state index contributed by atoms with van der Waals surface area (Å²) in [5.74, 6) is -0.764. The molecule has 0 aliphatic carbocycles. The summed E-state index contributed by atoms with van der Waals surface area (Å²) in [6.45, 7) is 1.99. The van der Waals surface area contributed by atoms with Crippen LogP contribution in [0.25, 0.3) is 23.3 Å². The fraction of sp³-hybridized carbons (Fsp3) is 0.192. The first-order valence-electron chi connectivity index (χ1n) is 10.3. The van der Waals surface area contributed by atoms with Gasteiger partial charge in [-0.2, -0.15) is 11.8 Å². The van der Waals surface area contributed by atoms with Crippen LogP contribution in [0.4, 0.5) is 0 Å². The maximum absolute atomic E-state index is 13.1. The molecule has 7 heteroatoms. The Morgan fingerprint density at radius 2 is 1.82 bits per heavy atom. The molecule has 3 aromatic rings. The van der Waals surface area contributed by atoms with Crippen molar-refractivity contribution in [3.63, 3.8) is 0 Å². The van der Waals surface area contributed by atoms with Crippen LogP contribution in [-0.2, 0) is 4.79 Å². The average molecular weight is 470 g/mol. The summed E-state index contributed by atoms with van der Waals surface area (Å²) in [4.78, 5) is 28.8. The molecular weight excluding hydrogens is 443 g/mol. The molecule has 0 bridgehead atoms. The SMILES string of the molecule is CSCC[C@H](NC(=O)c1ccc(C=Cc2cccnc2)cc1-c1ccccc1C)C(=O)O.[Na]. The quantitative estimate of drug-likeness (QED) is 0.441. The molecule has 1 heterocycles. The van der Waals surface area contributed by atoms with Crippen molar-refractivity contribution in [3.05, 3.63) is 89.2 Å². The molecular formula is C26H26N2NaO3S. The summed E-state index contributed by atoms with van der Waals surface area (Å²) >= 11 is 1.55. The standard InChI is InChI=1S/C26H26N2O3S.Na/c1-18-6-3-4-8-21(18)23-16-19(9-10-20-7-5-14-27-17-20)11-12-22(23)25(29)28-24(26(30)31)13-15-32-2;/h3-12,14,16-17,24H,13,15H2,1-2H3,(H,28,29)(H,30,31);/t24-;/m0./s1. The molecule has 0 saturated carbocycles. The number of aryl methyl sites for hydroxylation is 1. The van der Waals surface area contributed by atoms with Crippen molar-refractivity contribution >= 4 is 65.3 Å². The zero-order valence-electron chi connectivity index (χ0n) is 19.1. The number of rotatable bonds is 9. The summed E-state index contributed by atoms with van der Waals surface area (Å²) in [6.07, 6.45) is 9.72. The summed E-state index contributed by atoms with van der Waals surface area (Å²) < 4.78 is 0. The van der Waals surface area contributed by atoms with Gasteiger partial charge in [-0.25, -0.2) is 4.79 Å². The van der Waals surface area contributed by atoms with Crippen LogP contribution in [0.3, 0.4) is 0 Å². The minimum absolute atomic E-state index is 0. The van der Waals surface area contributed by atoms with Crippen LogP contribution in [0, 0.1) is 6.92 Å². The van der Waals surface area contributed by atoms with E-state index in [1.54, 1.807) is 30.2 Å². The Labute approximate surface area is 221 Å². The molecule has 1 atom stereocenters. The molecule has 1 aromatic heterocycles. The van der Waals surface area contributed by atoms with E-state index in [0.29, 0.717) is 17.7 Å². The van der Waals surface area contributed by atoms with Gasteiger partial charge in [-0.15, -0.1) is 0 Å². The minimum Gasteiger partial charge on any atom is -0.480 e. The Kier molecular flexibility index (Phi) is 10.9. The van der Waals surface area contributed by atoms with Crippen molar-refractivity contribution in [2.24, 2.45) is 0 Å². The molecule has 2 N–H and O–H groups in total. The molecule has 33 heavy (non-hydrogen) atoms. The fourth-order valence-corrected chi connectivity index (χ4v) is 3.83. The van der Waals surface area contributed by atoms with Crippen molar-refractivity contribution < 1.29 is 14.7 Å². The van der Waals surface area contributed by atoms with Gasteiger partial charge < -0.3 is 10.4 Å². The van der Waals surface area contributed by atoms with Crippen LogP contribution in [0.5, 0.6) is 0 Å². The van der Waals surface area contributed by atoms with E-state index in [-0.39, 0.29) is 35.5 Å². The third kappa shape index (κ3) is 7.57. The number of aliphatic carboxylic acids is 1. The van der Waals surface area contributed by atoms with Crippen LogP contribution < -0.4 is 5.32 Å². The molecule has 1 radical (unpaired) electrons. The van der Waals surface area contributed by atoms with E-state index in [2.05, 4.69) is 10.3 Å². The van der Waals surface area contributed by atoms with Crippen molar-refractivity contribution in [2.75, 3.05) is 12.0 Å². The van der Waals surface area contributed by atoms with Gasteiger partial charge >= 0.3 is 5.97 Å². The maximum atomic E-state index is 13.1. The predicted molar refractivity (Wildman–Crippen MR) is 137 cm³/mol. The number of carbonyl (C=O) groups is 2. The van der Waals surface area contributed by atoms with E-state index >= 15 is 0 Å². The Morgan fingerprint density at radius 3 is 2.48 bits per heavy atom. The number of benzene rings is 2. The largest absolute Gasteiger partial charge is 0.480 e. The van der Waals surface area contributed by atoms with Crippen molar-refractivity contribution in [3.8, 4) is 11.1 Å². The Bertz CT molecular complexity index is 1120. The average Bonchev–Trinajstić information content (AvgIpc) is 2.81. The van der Waals surface area contributed by atoms with E-state index in [1.807, 2.05) is 73.9 Å². The number of carboxylic acids is 1. The van der Waals surface area contributed by atoms with E-state index < -0.39 is 12.0 Å². The first-order chi connectivity index (χ1) is 15.5. The van der Waals surface area contributed by atoms with Crippen LogP contribution in [0.15, 0.2) is 67.0 Å². The molecule has 3 rings (SSSR count). The van der Waals surface area contributed by atoms with Gasteiger partial charge in [0.05, 0.1) is 0 Å². The Hall–Kier alpha value is -2.38. The van der Waals surface area contributed by atoms with Crippen LogP contribution in [0.2, 0.25) is 0 Å². The van der Waals surface area contributed by atoms with Gasteiger partial charge in [-0.05, 0) is 71.4 Å². The van der Waals surface area contributed by atoms with E-state index in [0.717, 1.165) is 27.8 Å². The van der Waals surface area contributed by atoms with Gasteiger partial charge in [0.2, 0.25) is 0 Å². The number of thioether (sulfide) groups is 1. The first-order valence-corrected chi connectivity index (χ1v) is 11.7. The monoisotopic (exact) mass is 469 g/mol. The second kappa shape index (κ2) is 13.4. The number of aromatic nitrogens is 1. The van der Waals surface area contributed by atoms with Crippen molar-refractivity contribution in [1.29, 1.82) is 0 Å². The number of amides is 1. The molecule has 1 amide bonds. The Balaban J connectivity index is 0.00000385. The number of nitrogens with one attached hydrogen (secondary N) is 1. The van der Waals surface area contributed by atoms with E-state index in [1.165, 1.54) is 0 Å². The fourth-order valence-electron chi connectivity index (χ4n) is 3.36. The van der Waals surface area contributed by atoms with Crippen molar-refractivity contribution in [2.45, 2.75) is 19.4 Å². The van der Waals surface area contributed by atoms with Gasteiger partial charge in [0.25, 0.3) is 5.91 Å². The smallest absolute Gasteiger partial charge is 0.326 e. The molecule has 165 valence electrons. The predicted octanol–water partition coefficient (Wildman–Crippen LogP) is 4.78. The van der Waals surface area contributed by atoms with Gasteiger partial charge in [-0.1, -0.05) is 48.6 Å². The summed E-state index contributed by atoms with van der Waals surface area (Å²) in [5.41, 5.74) is 5.10. The Morgan fingerprint density at radius 1 is 1.06 bits per heavy atom.